The van der Waals surface area contributed by atoms with Crippen molar-refractivity contribution in [3.63, 3.8) is 0 Å². The number of hydrogen-bond acceptors (Lipinski definition) is 4. The van der Waals surface area contributed by atoms with Gasteiger partial charge in [-0.15, -0.1) is 0 Å². The van der Waals surface area contributed by atoms with E-state index in [9.17, 15) is 8.42 Å². The molecule has 1 unspecified atom stereocenters. The molecule has 1 atom stereocenters. The summed E-state index contributed by atoms with van der Waals surface area (Å²) in [6, 6.07) is 7.32. The molecular weight excluding hydrogens is 250 g/mol. The Morgan fingerprint density at radius 3 is 2.50 bits per heavy atom. The lowest BCUT2D eigenvalue weighted by molar-refractivity contribution is 0.333. The van der Waals surface area contributed by atoms with Gasteiger partial charge in [0.25, 0.3) is 0 Å². The average molecular weight is 271 g/mol. The molecule has 0 amide bonds. The number of hydrogen-bond donors (Lipinski definition) is 1. The molecule has 0 aliphatic carbocycles. The van der Waals surface area contributed by atoms with Crippen LogP contribution in [-0.4, -0.2) is 33.6 Å². The minimum Gasteiger partial charge on any atom is -0.494 e. The van der Waals surface area contributed by atoms with E-state index in [2.05, 4.69) is 5.32 Å². The van der Waals surface area contributed by atoms with Gasteiger partial charge in [0.2, 0.25) is 0 Å². The Balaban J connectivity index is 3.04. The maximum Gasteiger partial charge on any atom is 0.149 e. The normalized spacial score (nSPS) is 13.3. The highest BCUT2D eigenvalue weighted by molar-refractivity contribution is 7.90. The smallest absolute Gasteiger partial charge is 0.149 e. The molecule has 0 heterocycles. The van der Waals surface area contributed by atoms with E-state index < -0.39 is 9.84 Å². The van der Waals surface area contributed by atoms with Gasteiger partial charge in [0.1, 0.15) is 15.6 Å². The molecule has 0 aliphatic heterocycles. The summed E-state index contributed by atoms with van der Waals surface area (Å²) >= 11 is 0. The average Bonchev–Trinajstić information content (AvgIpc) is 2.28. The Morgan fingerprint density at radius 1 is 1.28 bits per heavy atom. The summed E-state index contributed by atoms with van der Waals surface area (Å²) in [5.41, 5.74) is 0.895. The fourth-order valence-corrected chi connectivity index (χ4v) is 2.77. The number of rotatable bonds is 7. The van der Waals surface area contributed by atoms with Crippen LogP contribution in [0.15, 0.2) is 24.3 Å². The standard InChI is InChI=1S/C13H21NO3S/c1-4-14-12(10-18(3,15)16)11-8-6-7-9-13(11)17-5-2/h6-9,12,14H,4-5,10H2,1-3H3. The van der Waals surface area contributed by atoms with E-state index in [4.69, 9.17) is 4.74 Å². The highest BCUT2D eigenvalue weighted by atomic mass is 32.2. The van der Waals surface area contributed by atoms with Crippen LogP contribution in [0.1, 0.15) is 25.5 Å². The second kappa shape index (κ2) is 6.75. The van der Waals surface area contributed by atoms with Gasteiger partial charge in [-0.2, -0.15) is 0 Å². The van der Waals surface area contributed by atoms with E-state index in [-0.39, 0.29) is 11.8 Å². The summed E-state index contributed by atoms with van der Waals surface area (Å²) in [5.74, 6) is 0.819. The van der Waals surface area contributed by atoms with Crippen LogP contribution >= 0.6 is 0 Å². The van der Waals surface area contributed by atoms with E-state index in [1.165, 1.54) is 6.26 Å². The van der Waals surface area contributed by atoms with Gasteiger partial charge < -0.3 is 10.1 Å². The number of nitrogens with one attached hydrogen (secondary N) is 1. The van der Waals surface area contributed by atoms with Crippen molar-refractivity contribution in [2.75, 3.05) is 25.2 Å². The monoisotopic (exact) mass is 271 g/mol. The second-order valence-electron chi connectivity index (χ2n) is 4.17. The van der Waals surface area contributed by atoms with E-state index in [0.29, 0.717) is 13.2 Å². The molecule has 4 nitrogen and oxygen atoms in total. The third-order valence-electron chi connectivity index (χ3n) is 2.51. The highest BCUT2D eigenvalue weighted by Gasteiger charge is 2.19. The van der Waals surface area contributed by atoms with Crippen molar-refractivity contribution in [3.05, 3.63) is 29.8 Å². The number of benzene rings is 1. The van der Waals surface area contributed by atoms with Crippen LogP contribution < -0.4 is 10.1 Å². The third-order valence-corrected chi connectivity index (χ3v) is 3.45. The summed E-state index contributed by atoms with van der Waals surface area (Å²) in [6.45, 7) is 5.14. The first kappa shape index (κ1) is 15.0. The molecule has 0 saturated heterocycles. The van der Waals surface area contributed by atoms with Crippen LogP contribution in [0.25, 0.3) is 0 Å². The molecule has 102 valence electrons. The fraction of sp³-hybridized carbons (Fsp3) is 0.538. The number of para-hydroxylation sites is 1. The summed E-state index contributed by atoms with van der Waals surface area (Å²) < 4.78 is 28.5. The second-order valence-corrected chi connectivity index (χ2v) is 6.36. The molecular formula is C13H21NO3S. The van der Waals surface area contributed by atoms with Crippen molar-refractivity contribution in [1.29, 1.82) is 0 Å². The minimum atomic E-state index is -3.04. The zero-order chi connectivity index (χ0) is 13.6. The summed E-state index contributed by atoms with van der Waals surface area (Å²) in [6.07, 6.45) is 1.25. The minimum absolute atomic E-state index is 0.0743. The van der Waals surface area contributed by atoms with Crippen molar-refractivity contribution < 1.29 is 13.2 Å². The Morgan fingerprint density at radius 2 is 1.94 bits per heavy atom. The Labute approximate surface area is 109 Å². The lowest BCUT2D eigenvalue weighted by Crippen LogP contribution is -2.28. The van der Waals surface area contributed by atoms with Crippen LogP contribution in [0, 0.1) is 0 Å². The van der Waals surface area contributed by atoms with Crippen molar-refractivity contribution in [3.8, 4) is 5.75 Å². The largest absolute Gasteiger partial charge is 0.494 e. The first-order valence-electron chi connectivity index (χ1n) is 6.10. The van der Waals surface area contributed by atoms with Crippen molar-refractivity contribution in [1.82, 2.24) is 5.32 Å². The Bertz CT molecular complexity index is 471. The van der Waals surface area contributed by atoms with Gasteiger partial charge in [-0.05, 0) is 19.5 Å². The Kier molecular flexibility index (Phi) is 5.62. The molecule has 0 fully saturated rings. The summed E-state index contributed by atoms with van der Waals surface area (Å²) in [5, 5.41) is 3.20. The van der Waals surface area contributed by atoms with Crippen LogP contribution in [0.4, 0.5) is 0 Å². The molecule has 0 aliphatic rings. The molecule has 18 heavy (non-hydrogen) atoms. The molecule has 1 aromatic rings. The van der Waals surface area contributed by atoms with Gasteiger partial charge in [-0.1, -0.05) is 25.1 Å². The van der Waals surface area contributed by atoms with Crippen LogP contribution in [0.3, 0.4) is 0 Å². The van der Waals surface area contributed by atoms with Crippen LogP contribution in [0.2, 0.25) is 0 Å². The van der Waals surface area contributed by atoms with Crippen LogP contribution in [-0.2, 0) is 9.84 Å². The molecule has 1 aromatic carbocycles. The van der Waals surface area contributed by atoms with Gasteiger partial charge in [-0.25, -0.2) is 8.42 Å². The molecule has 0 radical (unpaired) electrons. The first-order chi connectivity index (χ1) is 8.48. The molecule has 5 heteroatoms. The molecule has 0 spiro atoms. The molecule has 0 bridgehead atoms. The molecule has 1 N–H and O–H groups in total. The van der Waals surface area contributed by atoms with Gasteiger partial charge in [0.15, 0.2) is 0 Å². The predicted octanol–water partition coefficient (Wildman–Crippen LogP) is 1.78. The summed E-state index contributed by atoms with van der Waals surface area (Å²) in [7, 11) is -3.04. The number of ether oxygens (including phenoxy) is 1. The maximum absolute atomic E-state index is 11.5. The maximum atomic E-state index is 11.5. The molecule has 0 aromatic heterocycles. The highest BCUT2D eigenvalue weighted by Crippen LogP contribution is 2.26. The van der Waals surface area contributed by atoms with Crippen LogP contribution in [0.5, 0.6) is 5.75 Å². The van der Waals surface area contributed by atoms with Crippen molar-refractivity contribution in [2.45, 2.75) is 19.9 Å². The van der Waals surface area contributed by atoms with Gasteiger partial charge >= 0.3 is 0 Å². The van der Waals surface area contributed by atoms with E-state index in [1.807, 2.05) is 38.1 Å². The van der Waals surface area contributed by atoms with E-state index >= 15 is 0 Å². The Hall–Kier alpha value is -1.07. The summed E-state index contributed by atoms with van der Waals surface area (Å²) in [4.78, 5) is 0. The zero-order valence-corrected chi connectivity index (χ0v) is 12.0. The fourth-order valence-electron chi connectivity index (χ4n) is 1.86. The zero-order valence-electron chi connectivity index (χ0n) is 11.1. The van der Waals surface area contributed by atoms with E-state index in [0.717, 1.165) is 11.3 Å². The molecule has 0 saturated carbocycles. The predicted molar refractivity (Wildman–Crippen MR) is 73.7 cm³/mol. The van der Waals surface area contributed by atoms with Crippen molar-refractivity contribution in [2.24, 2.45) is 0 Å². The topological polar surface area (TPSA) is 55.4 Å². The lowest BCUT2D eigenvalue weighted by Gasteiger charge is -2.20. The van der Waals surface area contributed by atoms with Crippen molar-refractivity contribution >= 4 is 9.84 Å². The first-order valence-corrected chi connectivity index (χ1v) is 8.16. The quantitative estimate of drug-likeness (QED) is 0.821. The lowest BCUT2D eigenvalue weighted by atomic mass is 10.1. The van der Waals surface area contributed by atoms with Gasteiger partial charge in [0.05, 0.1) is 12.4 Å². The van der Waals surface area contributed by atoms with Gasteiger partial charge in [0, 0.05) is 17.9 Å². The van der Waals surface area contributed by atoms with E-state index in [1.54, 1.807) is 0 Å². The molecule has 1 rings (SSSR count). The van der Waals surface area contributed by atoms with Gasteiger partial charge in [-0.3, -0.25) is 0 Å². The SMILES string of the molecule is CCNC(CS(C)(=O)=O)c1ccccc1OCC. The number of sulfone groups is 1. The third kappa shape index (κ3) is 4.66.